The number of hydrogen-bond acceptors (Lipinski definition) is 3. The Hall–Kier alpha value is -1.39. The maximum Gasteiger partial charge on any atom is 0.0685 e. The highest BCUT2D eigenvalue weighted by atomic mass is 16.5. The van der Waals surface area contributed by atoms with Gasteiger partial charge in [-0.15, -0.1) is 0 Å². The summed E-state index contributed by atoms with van der Waals surface area (Å²) in [5, 5.41) is 5.91. The molecule has 2 aliphatic heterocycles. The van der Waals surface area contributed by atoms with Crippen molar-refractivity contribution in [3.63, 3.8) is 0 Å². The molecule has 0 aliphatic carbocycles. The molecule has 148 valence electrons. The molecule has 2 aromatic rings. The quantitative estimate of drug-likeness (QED) is 0.635. The number of aromatic nitrogens is 2. The van der Waals surface area contributed by atoms with E-state index < -0.39 is 0 Å². The highest BCUT2D eigenvalue weighted by Crippen LogP contribution is 2.40. The standard InChI is InChI=1S/C23H35N3O/c1-4-27-10-9-19-12-21-7-8-22(13-19)25(21)15-18(3)16-26-23-11-17(2)5-6-20(23)14-24-26/h5-6,11,14,18-19,21-22H,4,7-10,12-13,15-16H2,1-3H3/t18-,19-,21-,22+/m1/s1. The Bertz CT molecular complexity index is 741. The fraction of sp³-hybridized carbons (Fsp3) is 0.696. The molecule has 0 radical (unpaired) electrons. The molecule has 4 nitrogen and oxygen atoms in total. The molecule has 1 aromatic carbocycles. The van der Waals surface area contributed by atoms with E-state index in [4.69, 9.17) is 4.74 Å². The molecule has 0 spiro atoms. The van der Waals surface area contributed by atoms with Crippen LogP contribution < -0.4 is 0 Å². The maximum atomic E-state index is 5.60. The lowest BCUT2D eigenvalue weighted by atomic mass is 9.88. The average Bonchev–Trinajstić information content (AvgIpc) is 3.12. The second-order valence-electron chi connectivity index (χ2n) is 8.90. The monoisotopic (exact) mass is 369 g/mol. The van der Waals surface area contributed by atoms with Crippen LogP contribution in [0.25, 0.3) is 10.9 Å². The summed E-state index contributed by atoms with van der Waals surface area (Å²) in [6.07, 6.45) is 8.80. The second kappa shape index (κ2) is 8.32. The number of fused-ring (bicyclic) bond motifs is 3. The first kappa shape index (κ1) is 18.9. The van der Waals surface area contributed by atoms with Crippen LogP contribution in [0, 0.1) is 18.8 Å². The van der Waals surface area contributed by atoms with E-state index in [2.05, 4.69) is 53.7 Å². The van der Waals surface area contributed by atoms with Crippen molar-refractivity contribution < 1.29 is 4.74 Å². The van der Waals surface area contributed by atoms with Gasteiger partial charge in [-0.3, -0.25) is 9.58 Å². The van der Waals surface area contributed by atoms with E-state index >= 15 is 0 Å². The molecule has 4 rings (SSSR count). The average molecular weight is 370 g/mol. The van der Waals surface area contributed by atoms with E-state index in [9.17, 15) is 0 Å². The molecule has 1 aromatic heterocycles. The van der Waals surface area contributed by atoms with E-state index in [0.717, 1.165) is 37.8 Å². The molecule has 0 N–H and O–H groups in total. The zero-order valence-electron chi connectivity index (χ0n) is 17.2. The summed E-state index contributed by atoms with van der Waals surface area (Å²) in [4.78, 5) is 2.83. The normalized spacial score (nSPS) is 26.7. The molecule has 0 saturated carbocycles. The molecule has 0 amide bonds. The third kappa shape index (κ3) is 4.22. The van der Waals surface area contributed by atoms with E-state index in [0.29, 0.717) is 5.92 Å². The largest absolute Gasteiger partial charge is 0.382 e. The van der Waals surface area contributed by atoms with Gasteiger partial charge in [0, 0.05) is 43.8 Å². The van der Waals surface area contributed by atoms with Gasteiger partial charge in [0.15, 0.2) is 0 Å². The molecule has 2 bridgehead atoms. The van der Waals surface area contributed by atoms with Gasteiger partial charge in [0.05, 0.1) is 11.7 Å². The van der Waals surface area contributed by atoms with Crippen molar-refractivity contribution in [2.24, 2.45) is 11.8 Å². The summed E-state index contributed by atoms with van der Waals surface area (Å²) in [6, 6.07) is 8.23. The minimum absolute atomic E-state index is 0.622. The van der Waals surface area contributed by atoms with Crippen molar-refractivity contribution in [1.29, 1.82) is 0 Å². The van der Waals surface area contributed by atoms with E-state index in [-0.39, 0.29) is 0 Å². The lowest BCUT2D eigenvalue weighted by Gasteiger charge is -2.40. The topological polar surface area (TPSA) is 30.3 Å². The zero-order valence-corrected chi connectivity index (χ0v) is 17.2. The maximum absolute atomic E-state index is 5.60. The zero-order chi connectivity index (χ0) is 18.8. The number of piperidine rings is 1. The Labute approximate surface area is 163 Å². The first-order valence-corrected chi connectivity index (χ1v) is 10.9. The first-order chi connectivity index (χ1) is 13.1. The summed E-state index contributed by atoms with van der Waals surface area (Å²) in [5.74, 6) is 1.50. The SMILES string of the molecule is CCOCC[C@@H]1C[C@H]2CC[C@@H](C1)N2C[C@@H](C)Cn1ncc2ccc(C)cc21. The van der Waals surface area contributed by atoms with Crippen LogP contribution in [0.15, 0.2) is 24.4 Å². The summed E-state index contributed by atoms with van der Waals surface area (Å²) in [5.41, 5.74) is 2.59. The van der Waals surface area contributed by atoms with Gasteiger partial charge >= 0.3 is 0 Å². The summed E-state index contributed by atoms with van der Waals surface area (Å²) in [7, 11) is 0. The van der Waals surface area contributed by atoms with Gasteiger partial charge in [0.25, 0.3) is 0 Å². The van der Waals surface area contributed by atoms with Crippen LogP contribution in [0.3, 0.4) is 0 Å². The molecule has 0 unspecified atom stereocenters. The van der Waals surface area contributed by atoms with Crippen LogP contribution in [-0.2, 0) is 11.3 Å². The van der Waals surface area contributed by atoms with Crippen LogP contribution >= 0.6 is 0 Å². The third-order valence-electron chi connectivity index (χ3n) is 6.66. The van der Waals surface area contributed by atoms with Crippen LogP contribution in [-0.4, -0.2) is 46.5 Å². The third-order valence-corrected chi connectivity index (χ3v) is 6.66. The van der Waals surface area contributed by atoms with Gasteiger partial charge in [-0.25, -0.2) is 0 Å². The number of aryl methyl sites for hydroxylation is 1. The lowest BCUT2D eigenvalue weighted by molar-refractivity contribution is 0.0635. The number of nitrogens with zero attached hydrogens (tertiary/aromatic N) is 3. The van der Waals surface area contributed by atoms with Crippen molar-refractivity contribution in [3.8, 4) is 0 Å². The van der Waals surface area contributed by atoms with Gasteiger partial charge in [-0.2, -0.15) is 5.10 Å². The Morgan fingerprint density at radius 2 is 1.96 bits per heavy atom. The summed E-state index contributed by atoms with van der Waals surface area (Å²) < 4.78 is 7.81. The molecule has 4 heteroatoms. The summed E-state index contributed by atoms with van der Waals surface area (Å²) >= 11 is 0. The van der Waals surface area contributed by atoms with Crippen molar-refractivity contribution in [2.75, 3.05) is 19.8 Å². The van der Waals surface area contributed by atoms with Gasteiger partial charge in [-0.05, 0) is 69.4 Å². The second-order valence-corrected chi connectivity index (χ2v) is 8.90. The minimum atomic E-state index is 0.622. The number of ether oxygens (including phenoxy) is 1. The van der Waals surface area contributed by atoms with E-state index in [1.807, 2.05) is 6.20 Å². The molecule has 4 atom stereocenters. The van der Waals surface area contributed by atoms with Crippen LogP contribution in [0.4, 0.5) is 0 Å². The Kier molecular flexibility index (Phi) is 5.84. The van der Waals surface area contributed by atoms with E-state index in [1.54, 1.807) is 0 Å². The highest BCUT2D eigenvalue weighted by molar-refractivity contribution is 5.79. The fourth-order valence-corrected chi connectivity index (χ4v) is 5.35. The van der Waals surface area contributed by atoms with Crippen molar-refractivity contribution in [3.05, 3.63) is 30.0 Å². The predicted molar refractivity (Wildman–Crippen MR) is 111 cm³/mol. The van der Waals surface area contributed by atoms with Crippen molar-refractivity contribution >= 4 is 10.9 Å². The Morgan fingerprint density at radius 3 is 2.70 bits per heavy atom. The molecule has 27 heavy (non-hydrogen) atoms. The smallest absolute Gasteiger partial charge is 0.0685 e. The van der Waals surface area contributed by atoms with Crippen molar-refractivity contribution in [1.82, 2.24) is 14.7 Å². The van der Waals surface area contributed by atoms with Gasteiger partial charge in [0.1, 0.15) is 0 Å². The first-order valence-electron chi connectivity index (χ1n) is 10.9. The van der Waals surface area contributed by atoms with Crippen LogP contribution in [0.2, 0.25) is 0 Å². The van der Waals surface area contributed by atoms with Gasteiger partial charge in [0.2, 0.25) is 0 Å². The van der Waals surface area contributed by atoms with Crippen LogP contribution in [0.1, 0.15) is 51.5 Å². The minimum Gasteiger partial charge on any atom is -0.382 e. The molecule has 2 saturated heterocycles. The Morgan fingerprint density at radius 1 is 1.19 bits per heavy atom. The molecular weight excluding hydrogens is 334 g/mol. The van der Waals surface area contributed by atoms with Crippen molar-refractivity contribution in [2.45, 2.75) is 71.5 Å². The molecule has 2 aliphatic rings. The van der Waals surface area contributed by atoms with Gasteiger partial charge in [-0.1, -0.05) is 19.1 Å². The van der Waals surface area contributed by atoms with Gasteiger partial charge < -0.3 is 4.74 Å². The number of benzene rings is 1. The number of hydrogen-bond donors (Lipinski definition) is 0. The molecular formula is C23H35N3O. The number of rotatable bonds is 8. The van der Waals surface area contributed by atoms with Crippen LogP contribution in [0.5, 0.6) is 0 Å². The highest BCUT2D eigenvalue weighted by Gasteiger charge is 2.40. The molecule has 3 heterocycles. The predicted octanol–water partition coefficient (Wildman–Crippen LogP) is 4.65. The Balaban J connectivity index is 1.34. The molecule has 2 fully saturated rings. The van der Waals surface area contributed by atoms with E-state index in [1.165, 1.54) is 55.1 Å². The fourth-order valence-electron chi connectivity index (χ4n) is 5.35. The lowest BCUT2D eigenvalue weighted by Crippen LogP contribution is -2.45. The summed E-state index contributed by atoms with van der Waals surface area (Å²) in [6.45, 7) is 10.7.